The minimum absolute atomic E-state index is 0.0801. The van der Waals surface area contributed by atoms with Crippen LogP contribution in [0.3, 0.4) is 0 Å². The molecule has 27 heavy (non-hydrogen) atoms. The van der Waals surface area contributed by atoms with Crippen LogP contribution in [0, 0.1) is 0 Å². The van der Waals surface area contributed by atoms with E-state index in [1.54, 1.807) is 36.5 Å². The van der Waals surface area contributed by atoms with E-state index in [2.05, 4.69) is 15.6 Å². The molecule has 0 saturated carbocycles. The van der Waals surface area contributed by atoms with Crippen molar-refractivity contribution in [2.45, 2.75) is 20.0 Å². The van der Waals surface area contributed by atoms with Gasteiger partial charge in [-0.25, -0.2) is 4.98 Å². The average Bonchev–Trinajstić information content (AvgIpc) is 2.65. The molecule has 138 valence electrons. The predicted molar refractivity (Wildman–Crippen MR) is 109 cm³/mol. The number of amides is 1. The van der Waals surface area contributed by atoms with Crippen LogP contribution in [0.5, 0.6) is 5.75 Å². The summed E-state index contributed by atoms with van der Waals surface area (Å²) in [7, 11) is 0. The van der Waals surface area contributed by atoms with Crippen LogP contribution in [0.1, 0.15) is 24.2 Å². The van der Waals surface area contributed by atoms with Crippen LogP contribution in [0.4, 0.5) is 17.2 Å². The number of para-hydroxylation sites is 2. The molecule has 2 N–H and O–H groups in total. The quantitative estimate of drug-likeness (QED) is 0.590. The molecule has 0 unspecified atom stereocenters. The number of aromatic nitrogens is 1. The van der Waals surface area contributed by atoms with E-state index in [-0.39, 0.29) is 12.0 Å². The third-order valence-electron chi connectivity index (χ3n) is 3.64. The molecule has 1 heterocycles. The van der Waals surface area contributed by atoms with Gasteiger partial charge in [0.2, 0.25) is 0 Å². The molecular weight excluding hydrogens is 362 g/mol. The van der Waals surface area contributed by atoms with E-state index in [4.69, 9.17) is 16.3 Å². The first-order valence-corrected chi connectivity index (χ1v) is 8.95. The van der Waals surface area contributed by atoms with Crippen molar-refractivity contribution in [3.63, 3.8) is 0 Å². The Balaban J connectivity index is 1.67. The van der Waals surface area contributed by atoms with Crippen molar-refractivity contribution in [2.75, 3.05) is 10.6 Å². The van der Waals surface area contributed by atoms with Gasteiger partial charge in [0, 0.05) is 10.6 Å². The fourth-order valence-electron chi connectivity index (χ4n) is 2.41. The summed E-state index contributed by atoms with van der Waals surface area (Å²) in [5, 5.41) is 6.63. The smallest absolute Gasteiger partial charge is 0.256 e. The van der Waals surface area contributed by atoms with Crippen molar-refractivity contribution in [3.05, 3.63) is 77.4 Å². The molecule has 0 aliphatic heterocycles. The topological polar surface area (TPSA) is 63.2 Å². The van der Waals surface area contributed by atoms with Crippen LogP contribution in [-0.2, 0) is 0 Å². The summed E-state index contributed by atoms with van der Waals surface area (Å²) in [4.78, 5) is 16.5. The third-order valence-corrected chi connectivity index (χ3v) is 3.89. The van der Waals surface area contributed by atoms with Crippen molar-refractivity contribution < 1.29 is 9.53 Å². The fourth-order valence-corrected chi connectivity index (χ4v) is 2.54. The van der Waals surface area contributed by atoms with E-state index in [1.165, 1.54) is 0 Å². The van der Waals surface area contributed by atoms with E-state index < -0.39 is 0 Å². The molecule has 3 rings (SSSR count). The highest BCUT2D eigenvalue weighted by atomic mass is 35.5. The van der Waals surface area contributed by atoms with Gasteiger partial charge in [0.1, 0.15) is 11.6 Å². The lowest BCUT2D eigenvalue weighted by atomic mass is 10.2. The average molecular weight is 382 g/mol. The SMILES string of the molecule is CC(C)Oc1ccccc1Nc1ccc(NC(=O)c2ccc(Cl)cc2)nc1. The number of hydrogen-bond donors (Lipinski definition) is 2. The maximum Gasteiger partial charge on any atom is 0.256 e. The number of carbonyl (C=O) groups is 1. The Kier molecular flexibility index (Phi) is 5.94. The zero-order valence-corrected chi connectivity index (χ0v) is 15.8. The van der Waals surface area contributed by atoms with Crippen molar-refractivity contribution in [2.24, 2.45) is 0 Å². The number of pyridine rings is 1. The molecule has 0 fully saturated rings. The van der Waals surface area contributed by atoms with Gasteiger partial charge in [-0.2, -0.15) is 0 Å². The molecular formula is C21H20ClN3O2. The number of anilines is 3. The van der Waals surface area contributed by atoms with Gasteiger partial charge in [-0.1, -0.05) is 23.7 Å². The number of benzene rings is 2. The highest BCUT2D eigenvalue weighted by molar-refractivity contribution is 6.30. The molecule has 0 radical (unpaired) electrons. The molecule has 0 spiro atoms. The van der Waals surface area contributed by atoms with Crippen LogP contribution >= 0.6 is 11.6 Å². The van der Waals surface area contributed by atoms with Crippen molar-refractivity contribution in [3.8, 4) is 5.75 Å². The van der Waals surface area contributed by atoms with E-state index in [9.17, 15) is 4.79 Å². The first kappa shape index (κ1) is 18.7. The summed E-state index contributed by atoms with van der Waals surface area (Å²) < 4.78 is 5.80. The third kappa shape index (κ3) is 5.21. The number of rotatable bonds is 6. The first-order valence-electron chi connectivity index (χ1n) is 8.57. The zero-order valence-electron chi connectivity index (χ0n) is 15.1. The molecule has 6 heteroatoms. The second kappa shape index (κ2) is 8.56. The Labute approximate surface area is 163 Å². The van der Waals surface area contributed by atoms with Crippen LogP contribution in [0.15, 0.2) is 66.9 Å². The maximum absolute atomic E-state index is 12.2. The standard InChI is InChI=1S/C21H20ClN3O2/c1-14(2)27-19-6-4-3-5-18(19)24-17-11-12-20(23-13-17)25-21(26)15-7-9-16(22)10-8-15/h3-14,24H,1-2H3,(H,23,25,26). The second-order valence-electron chi connectivity index (χ2n) is 6.18. The number of carbonyl (C=O) groups excluding carboxylic acids is 1. The Morgan fingerprint density at radius 1 is 1.04 bits per heavy atom. The summed E-state index contributed by atoms with van der Waals surface area (Å²) in [6.45, 7) is 3.97. The highest BCUT2D eigenvalue weighted by Gasteiger charge is 2.08. The molecule has 1 aromatic heterocycles. The van der Waals surface area contributed by atoms with Gasteiger partial charge in [-0.05, 0) is 62.4 Å². The molecule has 0 bridgehead atoms. The predicted octanol–water partition coefficient (Wildman–Crippen LogP) is 5.52. The van der Waals surface area contributed by atoms with Gasteiger partial charge in [-0.3, -0.25) is 4.79 Å². The van der Waals surface area contributed by atoms with Crippen LogP contribution in [0.2, 0.25) is 5.02 Å². The van der Waals surface area contributed by atoms with Crippen LogP contribution < -0.4 is 15.4 Å². The van der Waals surface area contributed by atoms with Crippen LogP contribution in [-0.4, -0.2) is 17.0 Å². The van der Waals surface area contributed by atoms with E-state index in [0.29, 0.717) is 16.4 Å². The molecule has 0 atom stereocenters. The lowest BCUT2D eigenvalue weighted by molar-refractivity contribution is 0.102. The number of hydrogen-bond acceptors (Lipinski definition) is 4. The van der Waals surface area contributed by atoms with Gasteiger partial charge < -0.3 is 15.4 Å². The Morgan fingerprint density at radius 3 is 2.44 bits per heavy atom. The van der Waals surface area contributed by atoms with Gasteiger partial charge in [0.05, 0.1) is 23.7 Å². The molecule has 0 aliphatic rings. The molecule has 1 amide bonds. The number of ether oxygens (including phenoxy) is 1. The molecule has 2 aromatic carbocycles. The monoisotopic (exact) mass is 381 g/mol. The second-order valence-corrected chi connectivity index (χ2v) is 6.62. The van der Waals surface area contributed by atoms with Gasteiger partial charge >= 0.3 is 0 Å². The number of nitrogens with zero attached hydrogens (tertiary/aromatic N) is 1. The van der Waals surface area contributed by atoms with Gasteiger partial charge in [-0.15, -0.1) is 0 Å². The van der Waals surface area contributed by atoms with E-state index in [1.807, 2.05) is 44.2 Å². The van der Waals surface area contributed by atoms with Crippen molar-refractivity contribution >= 4 is 34.7 Å². The Morgan fingerprint density at radius 2 is 1.78 bits per heavy atom. The normalized spacial score (nSPS) is 10.5. The van der Waals surface area contributed by atoms with Crippen molar-refractivity contribution in [1.29, 1.82) is 0 Å². The van der Waals surface area contributed by atoms with E-state index in [0.717, 1.165) is 17.1 Å². The fraction of sp³-hybridized carbons (Fsp3) is 0.143. The summed E-state index contributed by atoms with van der Waals surface area (Å²) in [6.07, 6.45) is 1.74. The van der Waals surface area contributed by atoms with Crippen LogP contribution in [0.25, 0.3) is 0 Å². The highest BCUT2D eigenvalue weighted by Crippen LogP contribution is 2.28. The zero-order chi connectivity index (χ0) is 19.2. The first-order chi connectivity index (χ1) is 13.0. The lowest BCUT2D eigenvalue weighted by Gasteiger charge is -2.15. The number of halogens is 1. The van der Waals surface area contributed by atoms with Gasteiger partial charge in [0.25, 0.3) is 5.91 Å². The molecule has 0 saturated heterocycles. The molecule has 0 aliphatic carbocycles. The minimum atomic E-state index is -0.240. The summed E-state index contributed by atoms with van der Waals surface area (Å²) in [5.41, 5.74) is 2.16. The maximum atomic E-state index is 12.2. The van der Waals surface area contributed by atoms with E-state index >= 15 is 0 Å². The Hall–Kier alpha value is -3.05. The Bertz CT molecular complexity index is 909. The lowest BCUT2D eigenvalue weighted by Crippen LogP contribution is -2.12. The number of nitrogens with one attached hydrogen (secondary N) is 2. The minimum Gasteiger partial charge on any atom is -0.489 e. The van der Waals surface area contributed by atoms with Crippen molar-refractivity contribution in [1.82, 2.24) is 4.98 Å². The summed E-state index contributed by atoms with van der Waals surface area (Å²) in [6, 6.07) is 18.0. The summed E-state index contributed by atoms with van der Waals surface area (Å²) in [5.74, 6) is 0.996. The molecule has 3 aromatic rings. The largest absolute Gasteiger partial charge is 0.489 e. The summed E-state index contributed by atoms with van der Waals surface area (Å²) >= 11 is 5.84. The molecule has 5 nitrogen and oxygen atoms in total. The van der Waals surface area contributed by atoms with Gasteiger partial charge in [0.15, 0.2) is 0 Å².